The van der Waals surface area contributed by atoms with Crippen LogP contribution in [0.1, 0.15) is 59.3 Å². The van der Waals surface area contributed by atoms with Gasteiger partial charge in [0.25, 0.3) is 0 Å². The van der Waals surface area contributed by atoms with Gasteiger partial charge in [0.05, 0.1) is 0 Å². The molecule has 4 rings (SSSR count). The maximum absolute atomic E-state index is 11.9. The molecule has 126 valence electrons. The van der Waals surface area contributed by atoms with Crippen LogP contribution in [0.5, 0.6) is 0 Å². The molecule has 0 aromatic rings. The molecular formula is C20H28O3. The molecule has 3 aliphatic carbocycles. The molecule has 0 spiro atoms. The topological polar surface area (TPSA) is 46.5 Å². The van der Waals surface area contributed by atoms with E-state index in [9.17, 15) is 9.90 Å². The number of hydrogen-bond donors (Lipinski definition) is 1. The predicted octanol–water partition coefficient (Wildman–Crippen LogP) is 3.77. The van der Waals surface area contributed by atoms with E-state index in [1.807, 2.05) is 6.92 Å². The lowest BCUT2D eigenvalue weighted by atomic mass is 9.46. The van der Waals surface area contributed by atoms with Crippen molar-refractivity contribution in [2.75, 3.05) is 6.61 Å². The maximum atomic E-state index is 11.9. The average Bonchev–Trinajstić information content (AvgIpc) is 2.80. The molecular weight excluding hydrogens is 288 g/mol. The van der Waals surface area contributed by atoms with Crippen LogP contribution >= 0.6 is 0 Å². The fraction of sp³-hybridized carbons (Fsp3) is 0.750. The standard InChI is InChI=1S/C20H28O3/c1-12-14-9-13-5-6-17-19(2,11-21)7-4-8-20(17,3)15(13)10-16(14)23-18(12)22/h9,15-17,21H,4-8,10-11H2,1-3H3/t15-,16-,17-,19+,20+/m1/s1. The van der Waals surface area contributed by atoms with E-state index in [1.54, 1.807) is 0 Å². The van der Waals surface area contributed by atoms with Crippen molar-refractivity contribution >= 4 is 5.97 Å². The summed E-state index contributed by atoms with van der Waals surface area (Å²) in [6.45, 7) is 6.89. The largest absolute Gasteiger partial charge is 0.454 e. The van der Waals surface area contributed by atoms with Crippen molar-refractivity contribution in [1.82, 2.24) is 0 Å². The van der Waals surface area contributed by atoms with E-state index in [4.69, 9.17) is 4.74 Å². The van der Waals surface area contributed by atoms with Crippen LogP contribution in [-0.4, -0.2) is 23.8 Å². The first-order valence-electron chi connectivity index (χ1n) is 9.12. The van der Waals surface area contributed by atoms with Gasteiger partial charge in [-0.2, -0.15) is 0 Å². The number of aliphatic hydroxyl groups excluding tert-OH is 1. The number of esters is 1. The minimum Gasteiger partial charge on any atom is -0.454 e. The number of carbonyl (C=O) groups excluding carboxylic acids is 1. The first-order chi connectivity index (χ1) is 10.9. The molecule has 3 heteroatoms. The summed E-state index contributed by atoms with van der Waals surface area (Å²) in [5.74, 6) is 0.936. The highest BCUT2D eigenvalue weighted by Gasteiger charge is 2.56. The van der Waals surface area contributed by atoms with E-state index in [0.717, 1.165) is 30.4 Å². The van der Waals surface area contributed by atoms with E-state index >= 15 is 0 Å². The second-order valence-electron chi connectivity index (χ2n) is 8.74. The first kappa shape index (κ1) is 15.4. The Labute approximate surface area is 138 Å². The van der Waals surface area contributed by atoms with Crippen LogP contribution < -0.4 is 0 Å². The van der Waals surface area contributed by atoms with E-state index < -0.39 is 0 Å². The Morgan fingerprint density at radius 1 is 1.35 bits per heavy atom. The summed E-state index contributed by atoms with van der Waals surface area (Å²) in [6.07, 6.45) is 9.03. The van der Waals surface area contributed by atoms with Crippen molar-refractivity contribution in [1.29, 1.82) is 0 Å². The molecule has 1 aliphatic heterocycles. The summed E-state index contributed by atoms with van der Waals surface area (Å²) >= 11 is 0. The van der Waals surface area contributed by atoms with Gasteiger partial charge in [-0.25, -0.2) is 4.79 Å². The minimum atomic E-state index is -0.133. The van der Waals surface area contributed by atoms with E-state index in [0.29, 0.717) is 18.4 Å². The van der Waals surface area contributed by atoms with Crippen molar-refractivity contribution < 1.29 is 14.6 Å². The Morgan fingerprint density at radius 2 is 2.13 bits per heavy atom. The van der Waals surface area contributed by atoms with Crippen LogP contribution in [0.2, 0.25) is 0 Å². The lowest BCUT2D eigenvalue weighted by Gasteiger charge is -2.59. The molecule has 23 heavy (non-hydrogen) atoms. The maximum Gasteiger partial charge on any atom is 0.334 e. The second kappa shape index (κ2) is 4.95. The molecule has 0 amide bonds. The number of rotatable bonds is 1. The fourth-order valence-corrected chi connectivity index (χ4v) is 6.23. The van der Waals surface area contributed by atoms with Gasteiger partial charge in [-0.15, -0.1) is 0 Å². The van der Waals surface area contributed by atoms with Crippen molar-refractivity contribution in [3.63, 3.8) is 0 Å². The predicted molar refractivity (Wildman–Crippen MR) is 88.6 cm³/mol. The van der Waals surface area contributed by atoms with Crippen LogP contribution in [-0.2, 0) is 9.53 Å². The highest BCUT2D eigenvalue weighted by atomic mass is 16.5. The lowest BCUT2D eigenvalue weighted by molar-refractivity contribution is -0.142. The van der Waals surface area contributed by atoms with Gasteiger partial charge >= 0.3 is 5.97 Å². The van der Waals surface area contributed by atoms with Crippen molar-refractivity contribution in [3.8, 4) is 0 Å². The van der Waals surface area contributed by atoms with Gasteiger partial charge in [0, 0.05) is 17.8 Å². The number of ether oxygens (including phenoxy) is 1. The van der Waals surface area contributed by atoms with Gasteiger partial charge in [-0.1, -0.05) is 31.9 Å². The SMILES string of the molecule is CC1=C2C=C3CC[C@@H]4[C@](C)(CO)CCC[C@@]4(C)[C@@H]3C[C@H]2OC1=O. The lowest BCUT2D eigenvalue weighted by Crippen LogP contribution is -2.53. The molecule has 1 N–H and O–H groups in total. The Balaban J connectivity index is 1.73. The van der Waals surface area contributed by atoms with Gasteiger partial charge < -0.3 is 9.84 Å². The molecule has 4 aliphatic rings. The second-order valence-corrected chi connectivity index (χ2v) is 8.74. The average molecular weight is 316 g/mol. The van der Waals surface area contributed by atoms with Crippen molar-refractivity contribution in [2.24, 2.45) is 22.7 Å². The zero-order valence-corrected chi connectivity index (χ0v) is 14.5. The Bertz CT molecular complexity index is 616. The Morgan fingerprint density at radius 3 is 2.87 bits per heavy atom. The summed E-state index contributed by atoms with van der Waals surface area (Å²) in [6, 6.07) is 0. The zero-order chi connectivity index (χ0) is 16.4. The fourth-order valence-electron chi connectivity index (χ4n) is 6.23. The zero-order valence-electron chi connectivity index (χ0n) is 14.5. The molecule has 0 radical (unpaired) electrons. The summed E-state index contributed by atoms with van der Waals surface area (Å²) in [5, 5.41) is 10.0. The van der Waals surface area contributed by atoms with Crippen molar-refractivity contribution in [3.05, 3.63) is 22.8 Å². The van der Waals surface area contributed by atoms with Crippen LogP contribution in [0.4, 0.5) is 0 Å². The molecule has 3 nitrogen and oxygen atoms in total. The van der Waals surface area contributed by atoms with Crippen LogP contribution in [0, 0.1) is 22.7 Å². The molecule has 0 unspecified atom stereocenters. The monoisotopic (exact) mass is 316 g/mol. The third-order valence-corrected chi connectivity index (χ3v) is 7.55. The summed E-state index contributed by atoms with van der Waals surface area (Å²) in [4.78, 5) is 11.9. The molecule has 0 saturated heterocycles. The van der Waals surface area contributed by atoms with Gasteiger partial charge in [0.15, 0.2) is 0 Å². The van der Waals surface area contributed by atoms with E-state index in [-0.39, 0.29) is 22.9 Å². The summed E-state index contributed by atoms with van der Waals surface area (Å²) < 4.78 is 5.62. The Hall–Kier alpha value is -1.09. The number of hydrogen-bond acceptors (Lipinski definition) is 3. The minimum absolute atomic E-state index is 0.0332. The Kier molecular flexibility index (Phi) is 3.32. The number of allylic oxidation sites excluding steroid dienone is 1. The van der Waals surface area contributed by atoms with Crippen LogP contribution in [0.25, 0.3) is 0 Å². The number of aliphatic hydroxyl groups is 1. The van der Waals surface area contributed by atoms with Gasteiger partial charge in [-0.05, 0) is 61.7 Å². The van der Waals surface area contributed by atoms with E-state index in [1.165, 1.54) is 24.8 Å². The molecule has 2 saturated carbocycles. The number of carbonyl (C=O) groups is 1. The summed E-state index contributed by atoms with van der Waals surface area (Å²) in [5.41, 5.74) is 3.74. The third kappa shape index (κ3) is 2.02. The molecule has 0 aromatic carbocycles. The quantitative estimate of drug-likeness (QED) is 0.749. The highest BCUT2D eigenvalue weighted by molar-refractivity contribution is 5.92. The molecule has 1 heterocycles. The van der Waals surface area contributed by atoms with Gasteiger partial charge in [-0.3, -0.25) is 0 Å². The van der Waals surface area contributed by atoms with Gasteiger partial charge in [0.1, 0.15) is 6.10 Å². The van der Waals surface area contributed by atoms with Gasteiger partial charge in [0.2, 0.25) is 0 Å². The normalized spacial score (nSPS) is 45.8. The van der Waals surface area contributed by atoms with Crippen molar-refractivity contribution in [2.45, 2.75) is 65.4 Å². The van der Waals surface area contributed by atoms with Crippen LogP contribution in [0.3, 0.4) is 0 Å². The van der Waals surface area contributed by atoms with Crippen LogP contribution in [0.15, 0.2) is 22.8 Å². The smallest absolute Gasteiger partial charge is 0.334 e. The highest BCUT2D eigenvalue weighted by Crippen LogP contribution is 2.63. The molecule has 0 bridgehead atoms. The van der Waals surface area contributed by atoms with E-state index in [2.05, 4.69) is 19.9 Å². The third-order valence-electron chi connectivity index (χ3n) is 7.55. The first-order valence-corrected chi connectivity index (χ1v) is 9.12. The number of fused-ring (bicyclic) bond motifs is 4. The molecule has 2 fully saturated rings. The molecule has 5 atom stereocenters. The molecule has 0 aromatic heterocycles. The summed E-state index contributed by atoms with van der Waals surface area (Å²) in [7, 11) is 0.